The first kappa shape index (κ1) is 18.5. The van der Waals surface area contributed by atoms with E-state index in [9.17, 15) is 5.11 Å². The highest BCUT2D eigenvalue weighted by Gasteiger charge is 2.26. The van der Waals surface area contributed by atoms with E-state index < -0.39 is 5.60 Å². The summed E-state index contributed by atoms with van der Waals surface area (Å²) < 4.78 is 6.83. The van der Waals surface area contributed by atoms with Crippen LogP contribution in [0.3, 0.4) is 0 Å². The minimum absolute atomic E-state index is 0.0447. The maximum Gasteiger partial charge on any atom is 0.138 e. The zero-order chi connectivity index (χ0) is 16.3. The van der Waals surface area contributed by atoms with Gasteiger partial charge in [-0.3, -0.25) is 0 Å². The Hall–Kier alpha value is -0.580. The second-order valence-electron chi connectivity index (χ2n) is 7.13. The number of hydrogen-bond acceptors (Lipinski definition) is 3. The largest absolute Gasteiger partial charge is 0.489 e. The summed E-state index contributed by atoms with van der Waals surface area (Å²) in [5.41, 5.74) is 0.284. The first-order chi connectivity index (χ1) is 9.53. The monoisotopic (exact) mass is 357 g/mol. The number of nitrogens with one attached hydrogen (secondary N) is 1. The van der Waals surface area contributed by atoms with Crippen LogP contribution in [-0.4, -0.2) is 22.9 Å². The number of ether oxygens (including phenoxy) is 1. The molecule has 0 fully saturated rings. The lowest BCUT2D eigenvalue weighted by Gasteiger charge is -2.28. The van der Waals surface area contributed by atoms with Crippen LogP contribution < -0.4 is 10.1 Å². The molecule has 1 aromatic carbocycles. The Labute approximate surface area is 137 Å². The van der Waals surface area contributed by atoms with Gasteiger partial charge in [0.25, 0.3) is 0 Å². The average molecular weight is 358 g/mol. The Morgan fingerprint density at radius 1 is 1.24 bits per heavy atom. The fourth-order valence-corrected chi connectivity index (χ4v) is 2.12. The van der Waals surface area contributed by atoms with Gasteiger partial charge in [-0.05, 0) is 55.6 Å². The molecule has 0 spiro atoms. The van der Waals surface area contributed by atoms with Gasteiger partial charge >= 0.3 is 0 Å². The molecule has 21 heavy (non-hydrogen) atoms. The summed E-state index contributed by atoms with van der Waals surface area (Å²) in [6, 6.07) is 6.00. The van der Waals surface area contributed by atoms with Crippen molar-refractivity contribution in [2.45, 2.75) is 59.2 Å². The third-order valence-corrected chi connectivity index (χ3v) is 4.23. The van der Waals surface area contributed by atoms with Crippen molar-refractivity contribution < 1.29 is 9.84 Å². The normalized spacial score (nSPS) is 15.1. The van der Waals surface area contributed by atoms with E-state index in [1.807, 2.05) is 39.0 Å². The first-order valence-electron chi connectivity index (χ1n) is 7.40. The Bertz CT molecular complexity index is 464. The highest BCUT2D eigenvalue weighted by molar-refractivity contribution is 9.10. The predicted molar refractivity (Wildman–Crippen MR) is 91.7 cm³/mol. The van der Waals surface area contributed by atoms with Gasteiger partial charge in [0.05, 0.1) is 10.1 Å². The van der Waals surface area contributed by atoms with Crippen molar-refractivity contribution in [1.29, 1.82) is 0 Å². The lowest BCUT2D eigenvalue weighted by atomic mass is 9.94. The van der Waals surface area contributed by atoms with Crippen molar-refractivity contribution in [3.8, 4) is 5.75 Å². The summed E-state index contributed by atoms with van der Waals surface area (Å²) in [7, 11) is 0. The number of aliphatic hydroxyl groups is 1. The fourth-order valence-electron chi connectivity index (χ4n) is 1.60. The molecule has 0 aliphatic heterocycles. The minimum Gasteiger partial charge on any atom is -0.489 e. The molecule has 0 saturated heterocycles. The SMILES string of the molecule is CC(C)C(C)(O)COc1c(Br)cccc1CNC(C)(C)C. The van der Waals surface area contributed by atoms with E-state index in [1.165, 1.54) is 0 Å². The molecule has 0 heterocycles. The topological polar surface area (TPSA) is 41.5 Å². The third-order valence-electron chi connectivity index (χ3n) is 3.61. The summed E-state index contributed by atoms with van der Waals surface area (Å²) >= 11 is 3.54. The molecule has 0 aliphatic carbocycles. The molecule has 1 aromatic rings. The van der Waals surface area contributed by atoms with E-state index in [1.54, 1.807) is 0 Å². The summed E-state index contributed by atoms with van der Waals surface area (Å²) in [6.45, 7) is 13.2. The van der Waals surface area contributed by atoms with Crippen molar-refractivity contribution in [2.24, 2.45) is 5.92 Å². The average Bonchev–Trinajstić information content (AvgIpc) is 2.34. The Morgan fingerprint density at radius 2 is 1.86 bits per heavy atom. The minimum atomic E-state index is -0.843. The van der Waals surface area contributed by atoms with Gasteiger partial charge in [-0.2, -0.15) is 0 Å². The highest BCUT2D eigenvalue weighted by Crippen LogP contribution is 2.31. The molecule has 0 aliphatic rings. The maximum absolute atomic E-state index is 10.3. The van der Waals surface area contributed by atoms with Gasteiger partial charge < -0.3 is 15.2 Å². The van der Waals surface area contributed by atoms with Gasteiger partial charge in [0.2, 0.25) is 0 Å². The number of halogens is 1. The van der Waals surface area contributed by atoms with Crippen molar-refractivity contribution in [3.05, 3.63) is 28.2 Å². The summed E-state index contributed by atoms with van der Waals surface area (Å²) in [4.78, 5) is 0. The lowest BCUT2D eigenvalue weighted by Crippen LogP contribution is -2.38. The molecule has 0 bridgehead atoms. The van der Waals surface area contributed by atoms with E-state index in [0.717, 1.165) is 22.3 Å². The van der Waals surface area contributed by atoms with Crippen LogP contribution in [0.4, 0.5) is 0 Å². The Balaban J connectivity index is 2.86. The number of para-hydroxylation sites is 1. The fraction of sp³-hybridized carbons (Fsp3) is 0.647. The molecule has 1 unspecified atom stereocenters. The van der Waals surface area contributed by atoms with Crippen molar-refractivity contribution in [2.75, 3.05) is 6.61 Å². The van der Waals surface area contributed by atoms with E-state index in [4.69, 9.17) is 4.74 Å². The molecule has 0 aromatic heterocycles. The lowest BCUT2D eigenvalue weighted by molar-refractivity contribution is -0.0271. The Morgan fingerprint density at radius 3 is 2.38 bits per heavy atom. The van der Waals surface area contributed by atoms with Gasteiger partial charge in [0.1, 0.15) is 12.4 Å². The Kier molecular flexibility index (Phi) is 6.26. The van der Waals surface area contributed by atoms with Crippen molar-refractivity contribution in [3.63, 3.8) is 0 Å². The van der Waals surface area contributed by atoms with Crippen LogP contribution in [0.1, 0.15) is 47.1 Å². The summed E-state index contributed by atoms with van der Waals surface area (Å²) in [5.74, 6) is 0.936. The standard InChI is InChI=1S/C17H28BrNO2/c1-12(2)17(6,20)11-21-15-13(8-7-9-14(15)18)10-19-16(3,4)5/h7-9,12,19-20H,10-11H2,1-6H3. The van der Waals surface area contributed by atoms with E-state index in [0.29, 0.717) is 0 Å². The first-order valence-corrected chi connectivity index (χ1v) is 8.20. The van der Waals surface area contributed by atoms with Crippen LogP contribution in [0.5, 0.6) is 5.75 Å². The summed E-state index contributed by atoms with van der Waals surface area (Å²) in [6.07, 6.45) is 0. The zero-order valence-corrected chi connectivity index (χ0v) is 15.5. The molecule has 0 radical (unpaired) electrons. The molecule has 120 valence electrons. The maximum atomic E-state index is 10.3. The van der Waals surface area contributed by atoms with Crippen LogP contribution in [0.25, 0.3) is 0 Å². The molecular weight excluding hydrogens is 330 g/mol. The second kappa shape index (κ2) is 7.12. The van der Waals surface area contributed by atoms with Crippen LogP contribution in [0.2, 0.25) is 0 Å². The smallest absolute Gasteiger partial charge is 0.138 e. The molecule has 3 nitrogen and oxygen atoms in total. The third kappa shape index (κ3) is 5.97. The van der Waals surface area contributed by atoms with Crippen LogP contribution in [-0.2, 0) is 6.54 Å². The molecule has 4 heteroatoms. The van der Waals surface area contributed by atoms with Crippen LogP contribution in [0.15, 0.2) is 22.7 Å². The number of benzene rings is 1. The van der Waals surface area contributed by atoms with Gasteiger partial charge in [0.15, 0.2) is 0 Å². The van der Waals surface area contributed by atoms with Gasteiger partial charge in [-0.25, -0.2) is 0 Å². The molecular formula is C17H28BrNO2. The highest BCUT2D eigenvalue weighted by atomic mass is 79.9. The molecule has 1 rings (SSSR count). The summed E-state index contributed by atoms with van der Waals surface area (Å²) in [5, 5.41) is 13.8. The van der Waals surface area contributed by atoms with Crippen LogP contribution in [0, 0.1) is 5.92 Å². The quantitative estimate of drug-likeness (QED) is 0.804. The van der Waals surface area contributed by atoms with E-state index >= 15 is 0 Å². The molecule has 1 atom stereocenters. The second-order valence-corrected chi connectivity index (χ2v) is 7.99. The van der Waals surface area contributed by atoms with Crippen molar-refractivity contribution in [1.82, 2.24) is 5.32 Å². The predicted octanol–water partition coefficient (Wildman–Crippen LogP) is 4.12. The van der Waals surface area contributed by atoms with Crippen molar-refractivity contribution >= 4 is 15.9 Å². The van der Waals surface area contributed by atoms with Gasteiger partial charge in [-0.1, -0.05) is 26.0 Å². The van der Waals surface area contributed by atoms with Gasteiger partial charge in [-0.15, -0.1) is 0 Å². The zero-order valence-electron chi connectivity index (χ0n) is 14.0. The molecule has 2 N–H and O–H groups in total. The van der Waals surface area contributed by atoms with Gasteiger partial charge in [0, 0.05) is 17.6 Å². The van der Waals surface area contributed by atoms with Crippen LogP contribution >= 0.6 is 15.9 Å². The number of hydrogen-bond donors (Lipinski definition) is 2. The van der Waals surface area contributed by atoms with E-state index in [-0.39, 0.29) is 18.1 Å². The molecule has 0 saturated carbocycles. The molecule has 0 amide bonds. The number of rotatable bonds is 6. The van der Waals surface area contributed by atoms with E-state index in [2.05, 4.69) is 42.0 Å².